The molecule has 1 rings (SSSR count). The van der Waals surface area contributed by atoms with Gasteiger partial charge in [-0.25, -0.2) is 8.78 Å². The maximum atomic E-state index is 12.4. The second-order valence-electron chi connectivity index (χ2n) is 2.48. The van der Waals surface area contributed by atoms with Crippen molar-refractivity contribution in [3.05, 3.63) is 35.4 Å². The number of alkyl halides is 2. The Morgan fingerprint density at radius 2 is 2.31 bits per heavy atom. The highest BCUT2D eigenvalue weighted by atomic mass is 19.3. The summed E-state index contributed by atoms with van der Waals surface area (Å²) in [6.45, 7) is 0. The molecule has 4 heteroatoms. The van der Waals surface area contributed by atoms with E-state index >= 15 is 0 Å². The molecule has 0 unspecified atom stereocenters. The molecule has 70 valence electrons. The van der Waals surface area contributed by atoms with E-state index in [9.17, 15) is 13.6 Å². The fourth-order valence-corrected chi connectivity index (χ4v) is 1.00. The molecule has 1 N–H and O–H groups in total. The van der Waals surface area contributed by atoms with Crippen LogP contribution in [0.1, 0.15) is 18.9 Å². The van der Waals surface area contributed by atoms with Crippen molar-refractivity contribution in [2.75, 3.05) is 0 Å². The molecule has 0 aliphatic carbocycles. The highest BCUT2D eigenvalue weighted by molar-refractivity contribution is 5.70. The largest absolute Gasteiger partial charge is 0.481 e. The van der Waals surface area contributed by atoms with Gasteiger partial charge >= 0.3 is 5.97 Å². The van der Waals surface area contributed by atoms with Gasteiger partial charge in [0, 0.05) is 5.56 Å². The summed E-state index contributed by atoms with van der Waals surface area (Å²) in [6, 6.07) is 3.59. The lowest BCUT2D eigenvalue weighted by Crippen LogP contribution is -2.03. The normalized spacial score (nSPS) is 11.5. The van der Waals surface area contributed by atoms with Crippen LogP contribution in [0.4, 0.5) is 8.78 Å². The van der Waals surface area contributed by atoms with Crippen LogP contribution >= 0.6 is 0 Å². The Bertz CT molecular complexity index is 353. The Labute approximate surface area is 75.2 Å². The molecular formula is C9H8F2O2. The monoisotopic (exact) mass is 187 g/mol. The van der Waals surface area contributed by atoms with E-state index in [0.717, 1.165) is 0 Å². The van der Waals surface area contributed by atoms with Crippen molar-refractivity contribution >= 4 is 5.97 Å². The summed E-state index contributed by atoms with van der Waals surface area (Å²) >= 11 is 0. The minimum atomic E-state index is -2.81. The molecule has 1 aromatic rings. The number of hydrogen-bond donors (Lipinski definition) is 1. The molecule has 0 saturated carbocycles. The van der Waals surface area contributed by atoms with E-state index in [1.54, 1.807) is 0 Å². The molecule has 0 atom stereocenters. The van der Waals surface area contributed by atoms with Gasteiger partial charge in [-0.05, 0) is 5.56 Å². The van der Waals surface area contributed by atoms with E-state index in [1.165, 1.54) is 18.2 Å². The van der Waals surface area contributed by atoms with Crippen molar-refractivity contribution in [2.45, 2.75) is 12.8 Å². The molecule has 0 aromatic heterocycles. The van der Waals surface area contributed by atoms with E-state index in [2.05, 4.69) is 0 Å². The molecule has 0 heterocycles. The Morgan fingerprint density at radius 3 is 2.85 bits per heavy atom. The molecular weight excluding hydrogens is 178 g/mol. The van der Waals surface area contributed by atoms with E-state index < -0.39 is 24.4 Å². The van der Waals surface area contributed by atoms with Gasteiger partial charge in [-0.1, -0.05) is 24.2 Å². The van der Waals surface area contributed by atoms with Crippen LogP contribution < -0.4 is 0 Å². The van der Waals surface area contributed by atoms with Crippen LogP contribution in [0.15, 0.2) is 24.2 Å². The Hall–Kier alpha value is -1.45. The van der Waals surface area contributed by atoms with Gasteiger partial charge in [0.25, 0.3) is 6.43 Å². The molecule has 0 radical (unpaired) electrons. The second kappa shape index (κ2) is 3.98. The maximum absolute atomic E-state index is 12.4. The molecule has 0 bridgehead atoms. The van der Waals surface area contributed by atoms with Gasteiger partial charge in [0.1, 0.15) is 0 Å². The van der Waals surface area contributed by atoms with Crippen molar-refractivity contribution < 1.29 is 20.1 Å². The molecule has 0 spiro atoms. The molecule has 1 aromatic carbocycles. The van der Waals surface area contributed by atoms with Gasteiger partial charge in [0.15, 0.2) is 0 Å². The summed E-state index contributed by atoms with van der Waals surface area (Å²) in [4.78, 5) is 10.3. The van der Waals surface area contributed by atoms with Gasteiger partial charge in [0.2, 0.25) is 0 Å². The summed E-state index contributed by atoms with van der Waals surface area (Å²) in [5.74, 6) is -1.18. The molecule has 0 aliphatic rings. The third kappa shape index (κ3) is 2.50. The van der Waals surface area contributed by atoms with Crippen LogP contribution in [0, 0.1) is 0 Å². The van der Waals surface area contributed by atoms with Crippen LogP contribution in [-0.2, 0) is 11.2 Å². The maximum Gasteiger partial charge on any atom is 0.307 e. The first kappa shape index (κ1) is 8.16. The summed E-state index contributed by atoms with van der Waals surface area (Å²) in [6.07, 6.45) is -3.29. The number of hydrogen-bond acceptors (Lipinski definition) is 1. The number of rotatable bonds is 3. The first-order valence-corrected chi connectivity index (χ1v) is 3.60. The lowest BCUT2D eigenvalue weighted by atomic mass is 10.1. The molecule has 0 saturated heterocycles. The lowest BCUT2D eigenvalue weighted by molar-refractivity contribution is -0.136. The van der Waals surface area contributed by atoms with Crippen molar-refractivity contribution in [3.8, 4) is 0 Å². The molecule has 0 aliphatic heterocycles. The Morgan fingerprint density at radius 1 is 1.62 bits per heavy atom. The third-order valence-electron chi connectivity index (χ3n) is 1.54. The Kier molecular flexibility index (Phi) is 2.50. The summed E-state index contributed by atoms with van der Waals surface area (Å²) < 4.78 is 32.1. The predicted molar refractivity (Wildman–Crippen MR) is 42.7 cm³/mol. The SMILES string of the molecule is [2H]c1cccc(CC(=O)O)c1C(F)F. The van der Waals surface area contributed by atoms with Crippen molar-refractivity contribution in [1.82, 2.24) is 0 Å². The van der Waals surface area contributed by atoms with Crippen LogP contribution in [0.3, 0.4) is 0 Å². The van der Waals surface area contributed by atoms with E-state index in [0.29, 0.717) is 0 Å². The van der Waals surface area contributed by atoms with Crippen LogP contribution in [0.5, 0.6) is 0 Å². The second-order valence-corrected chi connectivity index (χ2v) is 2.48. The minimum Gasteiger partial charge on any atom is -0.481 e. The van der Waals surface area contributed by atoms with E-state index in [1.807, 2.05) is 0 Å². The topological polar surface area (TPSA) is 37.3 Å². The van der Waals surface area contributed by atoms with E-state index in [4.69, 9.17) is 6.48 Å². The van der Waals surface area contributed by atoms with Crippen molar-refractivity contribution in [2.24, 2.45) is 0 Å². The van der Waals surface area contributed by atoms with Gasteiger partial charge in [-0.3, -0.25) is 4.79 Å². The number of benzene rings is 1. The predicted octanol–water partition coefficient (Wildman–Crippen LogP) is 2.25. The standard InChI is InChI=1S/C9H8F2O2/c10-9(11)7-4-2-1-3-6(7)5-8(12)13/h1-4,9H,5H2,(H,12,13)/i4D. The number of aliphatic carboxylic acids is 1. The molecule has 13 heavy (non-hydrogen) atoms. The molecule has 0 amide bonds. The molecule has 0 fully saturated rings. The van der Waals surface area contributed by atoms with Crippen molar-refractivity contribution in [3.63, 3.8) is 0 Å². The van der Waals surface area contributed by atoms with Crippen LogP contribution in [-0.4, -0.2) is 11.1 Å². The fourth-order valence-electron chi connectivity index (χ4n) is 1.00. The summed E-state index contributed by atoms with van der Waals surface area (Å²) in [7, 11) is 0. The highest BCUT2D eigenvalue weighted by Crippen LogP contribution is 2.22. The number of carboxylic acids is 1. The number of halogens is 2. The first-order chi connectivity index (χ1) is 6.52. The smallest absolute Gasteiger partial charge is 0.307 e. The molecule has 2 nitrogen and oxygen atoms in total. The van der Waals surface area contributed by atoms with Gasteiger partial charge in [-0.15, -0.1) is 0 Å². The zero-order valence-electron chi connectivity index (χ0n) is 7.63. The lowest BCUT2D eigenvalue weighted by Gasteiger charge is -2.05. The van der Waals surface area contributed by atoms with Crippen LogP contribution in [0.25, 0.3) is 0 Å². The summed E-state index contributed by atoms with van der Waals surface area (Å²) in [5.41, 5.74) is -0.491. The average molecular weight is 187 g/mol. The van der Waals surface area contributed by atoms with Gasteiger partial charge < -0.3 is 5.11 Å². The number of carboxylic acid groups (broad SMARTS) is 1. The zero-order valence-corrected chi connectivity index (χ0v) is 6.63. The van der Waals surface area contributed by atoms with E-state index in [-0.39, 0.29) is 11.6 Å². The Balaban J connectivity index is 3.14. The van der Waals surface area contributed by atoms with Gasteiger partial charge in [-0.2, -0.15) is 0 Å². The first-order valence-electron chi connectivity index (χ1n) is 4.10. The fraction of sp³-hybridized carbons (Fsp3) is 0.222. The minimum absolute atomic E-state index is 0.000000000000000222. The third-order valence-corrected chi connectivity index (χ3v) is 1.54. The van der Waals surface area contributed by atoms with Crippen molar-refractivity contribution in [1.29, 1.82) is 0 Å². The number of carbonyl (C=O) groups is 1. The van der Waals surface area contributed by atoms with Gasteiger partial charge in [0.05, 0.1) is 7.79 Å². The quantitative estimate of drug-likeness (QED) is 0.787. The average Bonchev–Trinajstić information content (AvgIpc) is 2.01. The van der Waals surface area contributed by atoms with Crippen LogP contribution in [0.2, 0.25) is 0 Å². The zero-order chi connectivity index (χ0) is 10.7. The highest BCUT2D eigenvalue weighted by Gasteiger charge is 2.13. The summed E-state index contributed by atoms with van der Waals surface area (Å²) in [5, 5.41) is 8.46.